The summed E-state index contributed by atoms with van der Waals surface area (Å²) in [7, 11) is 22.4. The number of ether oxygens (including phenoxy) is 4. The molecule has 0 atom stereocenters. The van der Waals surface area contributed by atoms with Crippen LogP contribution in [0.15, 0.2) is 146 Å². The predicted octanol–water partition coefficient (Wildman–Crippen LogP) is 12.0. The van der Waals surface area contributed by atoms with Gasteiger partial charge in [0, 0.05) is 104 Å². The fraction of sp³-hybridized carbons (Fsp3) is 0.238. The normalized spacial score (nSPS) is 10.9. The Morgan fingerprint density at radius 1 is 0.310 bits per heavy atom. The molecule has 0 aliphatic rings. The average Bonchev–Trinajstić information content (AvgIpc) is 4.40. The van der Waals surface area contributed by atoms with Crippen LogP contribution in [0.3, 0.4) is 0 Å². The number of aromatic nitrogens is 12. The van der Waals surface area contributed by atoms with Crippen LogP contribution in [0.2, 0.25) is 0 Å². The Balaban J connectivity index is 0.000000134. The van der Waals surface area contributed by atoms with E-state index in [0.29, 0.717) is 11.3 Å². The zero-order chi connectivity index (χ0) is 59.9. The summed E-state index contributed by atoms with van der Waals surface area (Å²) in [5.41, 5.74) is 11.4. The number of methoxy groups -OCH3 is 4. The number of halogens is 1. The zero-order valence-electron chi connectivity index (χ0n) is 50.0. The highest BCUT2D eigenvalue weighted by molar-refractivity contribution is 5.92. The molecule has 432 valence electrons. The van der Waals surface area contributed by atoms with Gasteiger partial charge in [-0.2, -0.15) is 9.37 Å². The van der Waals surface area contributed by atoms with Crippen molar-refractivity contribution in [1.82, 2.24) is 58.1 Å². The summed E-state index contributed by atoms with van der Waals surface area (Å²) in [6.07, 6.45) is 7.12. The van der Waals surface area contributed by atoms with Crippen LogP contribution in [-0.2, 0) is 28.2 Å². The summed E-state index contributed by atoms with van der Waals surface area (Å²) < 4.78 is 42.4. The maximum Gasteiger partial charge on any atom is 0.311 e. The molecule has 0 fully saturated rings. The standard InChI is InChI=1S/3C16H18N4O.C15H15FN4O/c3*1-11-17-14-9-10-19(2)15(14)16(18-11)20(3)12-5-7-13(21-4)8-6-12;1-19-9-8-12-13(19)14(18-15(16)17-12)20(2)10-4-6-11(21-3)7-5-10/h3*5-10H,1-4H3;4-9H,1-3H3/i4-1;3-1;;16-1. The maximum absolute atomic E-state index is 13.6. The molecule has 0 saturated carbocycles. The van der Waals surface area contributed by atoms with Gasteiger partial charge in [0.1, 0.15) is 62.5 Å². The Bertz CT molecular complexity index is 3660. The first-order valence-electron chi connectivity index (χ1n) is 26.8. The van der Waals surface area contributed by atoms with Crippen molar-refractivity contribution in [2.45, 2.75) is 20.8 Å². The van der Waals surface area contributed by atoms with Crippen LogP contribution in [0, 0.1) is 26.8 Å². The van der Waals surface area contributed by atoms with Crippen LogP contribution >= 0.6 is 0 Å². The molecule has 0 unspecified atom stereocenters. The van der Waals surface area contributed by atoms with E-state index in [1.165, 1.54) is 0 Å². The molecule has 0 aliphatic carbocycles. The van der Waals surface area contributed by atoms with E-state index >= 15 is 0 Å². The molecular weight excluding hydrogens is 1060 g/mol. The Kier molecular flexibility index (Phi) is 17.5. The summed E-state index contributed by atoms with van der Waals surface area (Å²) in [5.74, 6) is 8.82. The molecule has 12 rings (SSSR count). The van der Waals surface area contributed by atoms with E-state index in [2.05, 4.69) is 54.6 Å². The first-order chi connectivity index (χ1) is 40.4. The molecule has 21 heteroatoms. The fourth-order valence-electron chi connectivity index (χ4n) is 9.65. The Morgan fingerprint density at radius 3 is 0.750 bits per heavy atom. The van der Waals surface area contributed by atoms with Crippen molar-refractivity contribution in [3.63, 3.8) is 0 Å². The number of benzene rings is 4. The molecule has 4 aromatic carbocycles. The van der Waals surface area contributed by atoms with Crippen LogP contribution in [-0.4, -0.2) is 115 Å². The minimum absolute atomic E-state index is 0.523. The Labute approximate surface area is 487 Å². The number of hydrogen-bond acceptors (Lipinski definition) is 16. The Hall–Kier alpha value is -10.3. The molecule has 84 heavy (non-hydrogen) atoms. The number of rotatable bonds is 12. The van der Waals surface area contributed by atoms with Crippen LogP contribution in [0.25, 0.3) is 44.1 Å². The molecule has 0 radical (unpaired) electrons. The fourth-order valence-corrected chi connectivity index (χ4v) is 9.65. The van der Waals surface area contributed by atoms with Gasteiger partial charge < -0.3 is 56.8 Å². The maximum atomic E-state index is 13.6. The van der Waals surface area contributed by atoms with E-state index in [0.717, 1.165) is 119 Å². The van der Waals surface area contributed by atoms with Gasteiger partial charge in [-0.3, -0.25) is 0 Å². The average molecular weight is 1130 g/mol. The smallest absolute Gasteiger partial charge is 0.311 e. The largest absolute Gasteiger partial charge is 0.497 e. The van der Waals surface area contributed by atoms with Crippen LogP contribution < -0.4 is 38.5 Å². The molecule has 12 aromatic rings. The zero-order valence-corrected chi connectivity index (χ0v) is 50.0. The number of hydrogen-bond donors (Lipinski definition) is 0. The molecule has 0 N–H and O–H groups in total. The van der Waals surface area contributed by atoms with Crippen LogP contribution in [0.1, 0.15) is 17.5 Å². The van der Waals surface area contributed by atoms with Crippen molar-refractivity contribution >= 4 is 90.2 Å². The van der Waals surface area contributed by atoms with Crippen molar-refractivity contribution in [2.75, 3.05) is 76.2 Å². The second kappa shape index (κ2) is 25.2. The van der Waals surface area contributed by atoms with Crippen molar-refractivity contribution in [2.24, 2.45) is 28.2 Å². The highest BCUT2D eigenvalue weighted by Crippen LogP contribution is 2.34. The van der Waals surface area contributed by atoms with Crippen LogP contribution in [0.4, 0.5) is 50.4 Å². The molecule has 8 aromatic heterocycles. The van der Waals surface area contributed by atoms with E-state index in [1.807, 2.05) is 240 Å². The number of nitrogens with zero attached hydrogens (tertiary/aromatic N) is 16. The van der Waals surface area contributed by atoms with Crippen molar-refractivity contribution in [3.8, 4) is 23.0 Å². The van der Waals surface area contributed by atoms with Crippen molar-refractivity contribution in [3.05, 3.63) is 170 Å². The number of anilines is 8. The third-order valence-electron chi connectivity index (χ3n) is 14.2. The molecule has 8 heterocycles. The quantitative estimate of drug-likeness (QED) is 0.106. The SMILES string of the molecule is COc1ccc(N(C)c2nc(C)nc3ccn(C)c23)cc1.COc1ccc(N(C)c2nc([18F])nc3ccn(C)c23)cc1.COc1ccc(N([11CH3])c2nc(C)nc3ccn(C)c23)cc1.Cc1nc(N(C)c2ccc(O[11CH3])cc2)c2c(ccn2C)n1. The van der Waals surface area contributed by atoms with Gasteiger partial charge in [-0.1, -0.05) is 0 Å². The molecule has 0 spiro atoms. The van der Waals surface area contributed by atoms with Crippen molar-refractivity contribution < 1.29 is 23.3 Å². The second-order valence-corrected chi connectivity index (χ2v) is 19.8. The first-order valence-corrected chi connectivity index (χ1v) is 26.8. The van der Waals surface area contributed by atoms with Crippen LogP contribution in [0.5, 0.6) is 23.0 Å². The third kappa shape index (κ3) is 12.4. The summed E-state index contributed by atoms with van der Waals surface area (Å²) in [4.78, 5) is 43.1. The molecule has 0 saturated heterocycles. The summed E-state index contributed by atoms with van der Waals surface area (Å²) in [5, 5.41) is 0. The highest BCUT2D eigenvalue weighted by atomic mass is 18.2. The number of aryl methyl sites for hydroxylation is 7. The van der Waals surface area contributed by atoms with E-state index in [4.69, 9.17) is 18.9 Å². The minimum Gasteiger partial charge on any atom is -0.497 e. The lowest BCUT2D eigenvalue weighted by Gasteiger charge is -2.20. The lowest BCUT2D eigenvalue weighted by molar-refractivity contribution is 0.414. The van der Waals surface area contributed by atoms with Gasteiger partial charge in [-0.05, 0) is 142 Å². The van der Waals surface area contributed by atoms with E-state index in [1.54, 1.807) is 34.5 Å². The molecule has 0 aliphatic heterocycles. The summed E-state index contributed by atoms with van der Waals surface area (Å²) in [6.45, 7) is 5.74. The summed E-state index contributed by atoms with van der Waals surface area (Å²) in [6, 6.07) is 39.1. The van der Waals surface area contributed by atoms with Gasteiger partial charge in [-0.15, -0.1) is 0 Å². The predicted molar refractivity (Wildman–Crippen MR) is 332 cm³/mol. The van der Waals surface area contributed by atoms with Gasteiger partial charge in [-0.25, -0.2) is 34.9 Å². The molecule has 0 bridgehead atoms. The van der Waals surface area contributed by atoms with Gasteiger partial charge >= 0.3 is 6.08 Å². The molecule has 20 nitrogen and oxygen atoms in total. The minimum atomic E-state index is -0.732. The number of fused-ring (bicyclic) bond motifs is 4. The lowest BCUT2D eigenvalue weighted by atomic mass is 10.2. The first kappa shape index (κ1) is 58.3. The topological polar surface area (TPSA) is 173 Å². The van der Waals surface area contributed by atoms with E-state index in [9.17, 15) is 4.39 Å². The van der Waals surface area contributed by atoms with Crippen molar-refractivity contribution in [1.29, 1.82) is 0 Å². The molecule has 0 amide bonds. The lowest BCUT2D eigenvalue weighted by Crippen LogP contribution is -2.14. The summed E-state index contributed by atoms with van der Waals surface area (Å²) >= 11 is 0. The molecular formula is C63H69FN16O4. The van der Waals surface area contributed by atoms with Gasteiger partial charge in [0.2, 0.25) is 0 Å². The van der Waals surface area contributed by atoms with Gasteiger partial charge in [0.05, 0.1) is 50.5 Å². The Morgan fingerprint density at radius 2 is 0.524 bits per heavy atom. The highest BCUT2D eigenvalue weighted by Gasteiger charge is 2.19. The van der Waals surface area contributed by atoms with Gasteiger partial charge in [0.15, 0.2) is 23.3 Å². The third-order valence-corrected chi connectivity index (χ3v) is 14.2. The monoisotopic (exact) mass is 1130 g/mol. The van der Waals surface area contributed by atoms with E-state index < -0.39 is 6.08 Å². The second-order valence-electron chi connectivity index (χ2n) is 19.8. The van der Waals surface area contributed by atoms with Gasteiger partial charge in [0.25, 0.3) is 0 Å². The van der Waals surface area contributed by atoms with E-state index in [-0.39, 0.29) is 0 Å².